The van der Waals surface area contributed by atoms with Crippen molar-refractivity contribution < 1.29 is 0 Å². The molecule has 0 atom stereocenters. The van der Waals surface area contributed by atoms with Crippen LogP contribution in [-0.4, -0.2) is 21.5 Å². The fourth-order valence-corrected chi connectivity index (χ4v) is 3.28. The summed E-state index contributed by atoms with van der Waals surface area (Å²) in [6.45, 7) is 2.72. The topological polar surface area (TPSA) is 113 Å². The first-order valence-corrected chi connectivity index (χ1v) is 9.12. The summed E-state index contributed by atoms with van der Waals surface area (Å²) in [5.41, 5.74) is 8.88. The van der Waals surface area contributed by atoms with Crippen LogP contribution in [0.3, 0.4) is 0 Å². The molecule has 2 aromatic heterocycles. The summed E-state index contributed by atoms with van der Waals surface area (Å²) in [5, 5.41) is 18.8. The lowest BCUT2D eigenvalue weighted by atomic mass is 10.2. The Labute approximate surface area is 156 Å². The number of hydrogen-bond acceptors (Lipinski definition) is 8. The van der Waals surface area contributed by atoms with Crippen molar-refractivity contribution >= 4 is 29.1 Å². The molecule has 0 radical (unpaired) electrons. The molecule has 4 N–H and O–H groups in total. The second-order valence-corrected chi connectivity index (χ2v) is 6.47. The molecule has 0 saturated carbocycles. The fraction of sp³-hybridized carbons (Fsp3) is 0.222. The van der Waals surface area contributed by atoms with Gasteiger partial charge < -0.3 is 16.4 Å². The summed E-state index contributed by atoms with van der Waals surface area (Å²) in [5.74, 6) is 1.000. The quantitative estimate of drug-likeness (QED) is 0.670. The Bertz CT molecular complexity index is 881. The van der Waals surface area contributed by atoms with Gasteiger partial charge in [0.15, 0.2) is 0 Å². The van der Waals surface area contributed by atoms with Gasteiger partial charge in [0.25, 0.3) is 0 Å². The number of anilines is 2. The largest absolute Gasteiger partial charge is 0.384 e. The van der Waals surface area contributed by atoms with E-state index < -0.39 is 0 Å². The van der Waals surface area contributed by atoms with Gasteiger partial charge in [-0.3, -0.25) is 0 Å². The molecule has 132 valence electrons. The average Bonchev–Trinajstić information content (AvgIpc) is 3.13. The molecule has 0 saturated heterocycles. The molecule has 7 nitrogen and oxygen atoms in total. The number of aromatic nitrogens is 3. The molecular weight excluding hydrogens is 346 g/mol. The maximum absolute atomic E-state index is 9.55. The Morgan fingerprint density at radius 1 is 1.35 bits per heavy atom. The molecule has 0 aromatic carbocycles. The molecule has 0 bridgehead atoms. The summed E-state index contributed by atoms with van der Waals surface area (Å²) in [6, 6.07) is 7.71. The van der Waals surface area contributed by atoms with Crippen LogP contribution < -0.4 is 16.4 Å². The van der Waals surface area contributed by atoms with Crippen molar-refractivity contribution in [3.8, 4) is 6.07 Å². The number of nitrogens with zero attached hydrogens (tertiary/aromatic N) is 4. The van der Waals surface area contributed by atoms with Gasteiger partial charge in [-0.25, -0.2) is 15.0 Å². The van der Waals surface area contributed by atoms with Crippen LogP contribution in [0.4, 0.5) is 11.8 Å². The number of nitriles is 1. The SMILES string of the molecule is CCC1=CSC(=C(C#N)c2ccnc(NCCc3ccc(N)nc3)n2)N1. The maximum atomic E-state index is 9.55. The molecule has 3 heterocycles. The van der Waals surface area contributed by atoms with Gasteiger partial charge in [0.1, 0.15) is 17.5 Å². The monoisotopic (exact) mass is 365 g/mol. The van der Waals surface area contributed by atoms with E-state index in [4.69, 9.17) is 5.73 Å². The first kappa shape index (κ1) is 17.8. The van der Waals surface area contributed by atoms with E-state index in [0.29, 0.717) is 29.6 Å². The average molecular weight is 365 g/mol. The molecule has 0 fully saturated rings. The van der Waals surface area contributed by atoms with Crippen LogP contribution in [0.15, 0.2) is 46.7 Å². The number of nitrogens with two attached hydrogens (primary N) is 1. The van der Waals surface area contributed by atoms with E-state index in [1.807, 2.05) is 11.5 Å². The lowest BCUT2D eigenvalue weighted by Crippen LogP contribution is -2.10. The third-order valence-corrected chi connectivity index (χ3v) is 4.71. The van der Waals surface area contributed by atoms with Gasteiger partial charge in [0.05, 0.1) is 10.7 Å². The summed E-state index contributed by atoms with van der Waals surface area (Å²) in [6.07, 6.45) is 5.08. The molecule has 1 aliphatic heterocycles. The Balaban J connectivity index is 1.67. The minimum atomic E-state index is 0.492. The maximum Gasteiger partial charge on any atom is 0.223 e. The molecule has 26 heavy (non-hydrogen) atoms. The lowest BCUT2D eigenvalue weighted by molar-refractivity contribution is 0.949. The highest BCUT2D eigenvalue weighted by molar-refractivity contribution is 8.06. The van der Waals surface area contributed by atoms with E-state index in [1.54, 1.807) is 24.5 Å². The van der Waals surface area contributed by atoms with Crippen molar-refractivity contribution in [1.82, 2.24) is 20.3 Å². The zero-order valence-corrected chi connectivity index (χ0v) is 15.2. The van der Waals surface area contributed by atoms with Gasteiger partial charge in [0, 0.05) is 24.6 Å². The number of thioether (sulfide) groups is 1. The molecule has 0 unspecified atom stereocenters. The molecule has 2 aromatic rings. The number of hydrogen-bond donors (Lipinski definition) is 3. The smallest absolute Gasteiger partial charge is 0.223 e. The molecule has 3 rings (SSSR count). The zero-order chi connectivity index (χ0) is 18.4. The van der Waals surface area contributed by atoms with E-state index in [-0.39, 0.29) is 0 Å². The van der Waals surface area contributed by atoms with E-state index >= 15 is 0 Å². The number of nitrogen functional groups attached to an aromatic ring is 1. The van der Waals surface area contributed by atoms with Crippen LogP contribution in [0.5, 0.6) is 0 Å². The molecule has 0 amide bonds. The van der Waals surface area contributed by atoms with Gasteiger partial charge in [0.2, 0.25) is 5.95 Å². The van der Waals surface area contributed by atoms with Crippen molar-refractivity contribution in [3.63, 3.8) is 0 Å². The molecule has 0 spiro atoms. The van der Waals surface area contributed by atoms with Gasteiger partial charge in [-0.2, -0.15) is 5.26 Å². The number of allylic oxidation sites excluding steroid dienone is 2. The second-order valence-electron chi connectivity index (χ2n) is 5.59. The number of rotatable bonds is 6. The van der Waals surface area contributed by atoms with E-state index in [9.17, 15) is 5.26 Å². The van der Waals surface area contributed by atoms with Crippen molar-refractivity contribution in [1.29, 1.82) is 5.26 Å². The van der Waals surface area contributed by atoms with Crippen molar-refractivity contribution in [2.24, 2.45) is 0 Å². The molecular formula is C18H19N7S. The Morgan fingerprint density at radius 2 is 2.23 bits per heavy atom. The third-order valence-electron chi connectivity index (χ3n) is 3.77. The Hall–Kier alpha value is -3.05. The van der Waals surface area contributed by atoms with Crippen LogP contribution in [0.2, 0.25) is 0 Å². The summed E-state index contributed by atoms with van der Waals surface area (Å²) >= 11 is 1.51. The van der Waals surface area contributed by atoms with Gasteiger partial charge >= 0.3 is 0 Å². The van der Waals surface area contributed by atoms with E-state index in [1.165, 1.54) is 11.8 Å². The first-order valence-electron chi connectivity index (χ1n) is 8.24. The summed E-state index contributed by atoms with van der Waals surface area (Å²) < 4.78 is 0. The fourth-order valence-electron chi connectivity index (χ4n) is 2.34. The van der Waals surface area contributed by atoms with Gasteiger partial charge in [-0.15, -0.1) is 0 Å². The minimum Gasteiger partial charge on any atom is -0.384 e. The second kappa shape index (κ2) is 8.36. The zero-order valence-electron chi connectivity index (χ0n) is 14.4. The molecule has 0 aliphatic carbocycles. The predicted octanol–water partition coefficient (Wildman–Crippen LogP) is 2.89. The number of pyridine rings is 1. The third kappa shape index (κ3) is 4.32. The molecule has 8 heteroatoms. The Morgan fingerprint density at radius 3 is 2.92 bits per heavy atom. The van der Waals surface area contributed by atoms with Crippen LogP contribution in [0.1, 0.15) is 24.6 Å². The van der Waals surface area contributed by atoms with Crippen LogP contribution in [0.25, 0.3) is 5.57 Å². The van der Waals surface area contributed by atoms with E-state index in [2.05, 4.69) is 38.6 Å². The first-order chi connectivity index (χ1) is 12.7. The lowest BCUT2D eigenvalue weighted by Gasteiger charge is -2.08. The number of nitrogens with one attached hydrogen (secondary N) is 2. The normalized spacial score (nSPS) is 15.0. The highest BCUT2D eigenvalue weighted by Gasteiger charge is 2.16. The highest BCUT2D eigenvalue weighted by atomic mass is 32.2. The summed E-state index contributed by atoms with van der Waals surface area (Å²) in [7, 11) is 0. The Kier molecular flexibility index (Phi) is 5.71. The molecule has 1 aliphatic rings. The standard InChI is InChI=1S/C18H19N7S/c1-2-13-11-26-17(24-13)14(9-19)15-6-8-22-18(25-15)21-7-5-12-3-4-16(20)23-10-12/h3-4,6,8,10-11,24H,2,5,7H2,1H3,(H2,20,23)(H,21,22,25). The predicted molar refractivity (Wildman–Crippen MR) is 105 cm³/mol. The van der Waals surface area contributed by atoms with Crippen LogP contribution in [-0.2, 0) is 6.42 Å². The van der Waals surface area contributed by atoms with Crippen molar-refractivity contribution in [2.45, 2.75) is 19.8 Å². The van der Waals surface area contributed by atoms with Crippen molar-refractivity contribution in [3.05, 3.63) is 58.0 Å². The highest BCUT2D eigenvalue weighted by Crippen LogP contribution is 2.31. The summed E-state index contributed by atoms with van der Waals surface area (Å²) in [4.78, 5) is 12.8. The van der Waals surface area contributed by atoms with Crippen LogP contribution in [0, 0.1) is 11.3 Å². The van der Waals surface area contributed by atoms with Crippen molar-refractivity contribution in [2.75, 3.05) is 17.6 Å². The minimum absolute atomic E-state index is 0.492. The van der Waals surface area contributed by atoms with E-state index in [0.717, 1.165) is 29.1 Å². The van der Waals surface area contributed by atoms with Gasteiger partial charge in [-0.05, 0) is 35.9 Å². The van der Waals surface area contributed by atoms with Gasteiger partial charge in [-0.1, -0.05) is 24.8 Å². The van der Waals surface area contributed by atoms with Crippen LogP contribution >= 0.6 is 11.8 Å².